The fraction of sp³-hybridized carbons (Fsp3) is 0.458. The van der Waals surface area contributed by atoms with Crippen molar-refractivity contribution in [2.45, 2.75) is 25.3 Å². The molecule has 2 heterocycles. The molecule has 1 aromatic heterocycles. The standard InChI is InChI=1S/C24H29N2O5/c1-13-8-16(21-17(13)9-25(2)10-19(21)24(29)31-5)22-20-14(12-27)6-7-15(20)18(11-26(22)3)23(28)30-4/h6,8-11,15-16,20,22,27H,7,12H2,1-5H3/q+1/t15-,16?,20-,22?/m1/s1. The molecule has 31 heavy (non-hydrogen) atoms. The average Bonchev–Trinajstić information content (AvgIpc) is 3.33. The van der Waals surface area contributed by atoms with Crippen LogP contribution in [0.3, 0.4) is 0 Å². The van der Waals surface area contributed by atoms with E-state index in [1.165, 1.54) is 14.2 Å². The number of aryl methyl sites for hydroxylation is 1. The van der Waals surface area contributed by atoms with Crippen LogP contribution in [0, 0.1) is 11.8 Å². The zero-order chi connectivity index (χ0) is 22.4. The number of aromatic nitrogens is 1. The highest BCUT2D eigenvalue weighted by Gasteiger charge is 2.49. The minimum atomic E-state index is -0.370. The topological polar surface area (TPSA) is 80.0 Å². The SMILES string of the molecule is COC(=O)C1=CN(C)C(C2C=C(C)c3c[n+](C)cc(C(=O)OC)c32)[C@@H]2C(CO)=CC[C@H]12. The van der Waals surface area contributed by atoms with Crippen LogP contribution in [0.1, 0.15) is 40.7 Å². The van der Waals surface area contributed by atoms with Gasteiger partial charge in [-0.3, -0.25) is 0 Å². The fourth-order valence-corrected chi connectivity index (χ4v) is 5.61. The van der Waals surface area contributed by atoms with Crippen molar-refractivity contribution in [1.82, 2.24) is 4.90 Å². The molecule has 2 unspecified atom stereocenters. The summed E-state index contributed by atoms with van der Waals surface area (Å²) in [5, 5.41) is 10.1. The molecular formula is C24H29N2O5+. The molecule has 0 radical (unpaired) electrons. The molecule has 4 rings (SSSR count). The van der Waals surface area contributed by atoms with Crippen LogP contribution in [0.25, 0.3) is 5.57 Å². The smallest absolute Gasteiger partial charge is 0.344 e. The van der Waals surface area contributed by atoms with Gasteiger partial charge in [-0.1, -0.05) is 12.2 Å². The van der Waals surface area contributed by atoms with Crippen LogP contribution in [0.4, 0.5) is 0 Å². The molecule has 164 valence electrons. The second-order valence-corrected chi connectivity index (χ2v) is 8.57. The van der Waals surface area contributed by atoms with Crippen molar-refractivity contribution in [2.75, 3.05) is 27.9 Å². The van der Waals surface area contributed by atoms with Gasteiger partial charge >= 0.3 is 11.9 Å². The number of hydrogen-bond acceptors (Lipinski definition) is 6. The summed E-state index contributed by atoms with van der Waals surface area (Å²) in [6.45, 7) is 1.99. The number of hydrogen-bond donors (Lipinski definition) is 1. The summed E-state index contributed by atoms with van der Waals surface area (Å²) >= 11 is 0. The lowest BCUT2D eigenvalue weighted by Gasteiger charge is -2.44. The van der Waals surface area contributed by atoms with Gasteiger partial charge in [0.05, 0.1) is 26.4 Å². The molecular weight excluding hydrogens is 396 g/mol. The molecule has 7 heteroatoms. The van der Waals surface area contributed by atoms with Crippen LogP contribution in [-0.2, 0) is 21.3 Å². The molecule has 0 saturated carbocycles. The summed E-state index contributed by atoms with van der Waals surface area (Å²) in [4.78, 5) is 27.2. The zero-order valence-electron chi connectivity index (χ0n) is 18.6. The van der Waals surface area contributed by atoms with Gasteiger partial charge in [-0.15, -0.1) is 0 Å². The molecule has 0 fully saturated rings. The zero-order valence-corrected chi connectivity index (χ0v) is 18.6. The molecule has 3 aliphatic rings. The van der Waals surface area contributed by atoms with Crippen molar-refractivity contribution >= 4 is 17.5 Å². The molecule has 0 spiro atoms. The first-order chi connectivity index (χ1) is 14.8. The van der Waals surface area contributed by atoms with Gasteiger partial charge < -0.3 is 19.5 Å². The number of pyridine rings is 1. The number of carbonyl (C=O) groups excluding carboxylic acids is 2. The van der Waals surface area contributed by atoms with E-state index in [1.807, 2.05) is 49.0 Å². The van der Waals surface area contributed by atoms with Gasteiger partial charge in [-0.05, 0) is 30.1 Å². The van der Waals surface area contributed by atoms with Gasteiger partial charge in [-0.25, -0.2) is 14.2 Å². The predicted molar refractivity (Wildman–Crippen MR) is 114 cm³/mol. The lowest BCUT2D eigenvalue weighted by atomic mass is 9.71. The second kappa shape index (κ2) is 7.96. The maximum atomic E-state index is 12.7. The molecule has 4 atom stereocenters. The van der Waals surface area contributed by atoms with E-state index in [9.17, 15) is 14.7 Å². The molecule has 1 aromatic rings. The molecule has 2 aliphatic carbocycles. The van der Waals surface area contributed by atoms with Gasteiger partial charge in [0.2, 0.25) is 0 Å². The maximum absolute atomic E-state index is 12.7. The van der Waals surface area contributed by atoms with Gasteiger partial charge in [0.25, 0.3) is 0 Å². The van der Waals surface area contributed by atoms with E-state index in [2.05, 4.69) is 6.08 Å². The minimum Gasteiger partial charge on any atom is -0.466 e. The number of allylic oxidation sites excluding steroid dienone is 2. The molecule has 1 N–H and O–H groups in total. The van der Waals surface area contributed by atoms with Crippen LogP contribution in [0.15, 0.2) is 41.9 Å². The first kappa shape index (κ1) is 21.3. The number of methoxy groups -OCH3 is 2. The van der Waals surface area contributed by atoms with Crippen LogP contribution in [0.2, 0.25) is 0 Å². The third-order valence-corrected chi connectivity index (χ3v) is 6.89. The number of ether oxygens (including phenoxy) is 2. The van der Waals surface area contributed by atoms with Crippen molar-refractivity contribution < 1.29 is 28.7 Å². The van der Waals surface area contributed by atoms with Gasteiger partial charge in [0.15, 0.2) is 12.4 Å². The quantitative estimate of drug-likeness (QED) is 0.450. The predicted octanol–water partition coefficient (Wildman–Crippen LogP) is 1.72. The number of esters is 2. The van der Waals surface area contributed by atoms with Crippen LogP contribution >= 0.6 is 0 Å². The third kappa shape index (κ3) is 3.28. The number of likely N-dealkylation sites (N-methyl/N-ethyl adjacent to an activating group) is 1. The first-order valence-corrected chi connectivity index (χ1v) is 10.4. The Labute approximate surface area is 182 Å². The first-order valence-electron chi connectivity index (χ1n) is 10.4. The number of aliphatic hydroxyl groups is 1. The van der Waals surface area contributed by atoms with Crippen LogP contribution in [-0.4, -0.2) is 55.9 Å². The number of fused-ring (bicyclic) bond motifs is 2. The molecule has 7 nitrogen and oxygen atoms in total. The Balaban J connectivity index is 1.87. The lowest BCUT2D eigenvalue weighted by Crippen LogP contribution is -2.47. The lowest BCUT2D eigenvalue weighted by molar-refractivity contribution is -0.671. The summed E-state index contributed by atoms with van der Waals surface area (Å²) < 4.78 is 12.0. The van der Waals surface area contributed by atoms with Crippen molar-refractivity contribution in [3.05, 3.63) is 58.6 Å². The Morgan fingerprint density at radius 1 is 1.23 bits per heavy atom. The van der Waals surface area contributed by atoms with E-state index in [0.29, 0.717) is 17.6 Å². The molecule has 0 saturated heterocycles. The number of rotatable bonds is 4. The molecule has 1 aliphatic heterocycles. The monoisotopic (exact) mass is 425 g/mol. The Kier molecular flexibility index (Phi) is 5.47. The minimum absolute atomic E-state index is 0.0597. The van der Waals surface area contributed by atoms with Gasteiger partial charge in [0.1, 0.15) is 12.6 Å². The molecule has 0 aromatic carbocycles. The second-order valence-electron chi connectivity index (χ2n) is 8.57. The van der Waals surface area contributed by atoms with E-state index >= 15 is 0 Å². The number of aliphatic hydroxyl groups excluding tert-OH is 1. The summed E-state index contributed by atoms with van der Waals surface area (Å²) in [6, 6.07) is -0.0633. The molecule has 0 bridgehead atoms. The number of carbonyl (C=O) groups is 2. The highest BCUT2D eigenvalue weighted by Crippen LogP contribution is 2.51. The van der Waals surface area contributed by atoms with E-state index in [-0.39, 0.29) is 42.3 Å². The van der Waals surface area contributed by atoms with Crippen molar-refractivity contribution in [3.8, 4) is 0 Å². The van der Waals surface area contributed by atoms with E-state index in [4.69, 9.17) is 9.47 Å². The van der Waals surface area contributed by atoms with E-state index in [1.54, 1.807) is 6.20 Å². The number of nitrogens with zero attached hydrogens (tertiary/aromatic N) is 2. The summed E-state index contributed by atoms with van der Waals surface area (Å²) in [6.07, 6.45) is 10.6. The van der Waals surface area contributed by atoms with Crippen molar-refractivity contribution in [1.29, 1.82) is 0 Å². The van der Waals surface area contributed by atoms with E-state index in [0.717, 1.165) is 22.3 Å². The highest BCUT2D eigenvalue weighted by molar-refractivity contribution is 5.94. The van der Waals surface area contributed by atoms with Crippen molar-refractivity contribution in [2.24, 2.45) is 18.9 Å². The average molecular weight is 426 g/mol. The van der Waals surface area contributed by atoms with Gasteiger partial charge in [-0.2, -0.15) is 0 Å². The third-order valence-electron chi connectivity index (χ3n) is 6.89. The Morgan fingerprint density at radius 3 is 2.58 bits per heavy atom. The Hall–Kier alpha value is -2.93. The summed E-state index contributed by atoms with van der Waals surface area (Å²) in [7, 11) is 6.62. The van der Waals surface area contributed by atoms with E-state index < -0.39 is 0 Å². The fourth-order valence-electron chi connectivity index (χ4n) is 5.61. The molecule has 0 amide bonds. The van der Waals surface area contributed by atoms with Crippen molar-refractivity contribution in [3.63, 3.8) is 0 Å². The van der Waals surface area contributed by atoms with Crippen LogP contribution in [0.5, 0.6) is 0 Å². The van der Waals surface area contributed by atoms with Gasteiger partial charge in [0, 0.05) is 42.6 Å². The Morgan fingerprint density at radius 2 is 1.94 bits per heavy atom. The normalized spacial score (nSPS) is 26.5. The maximum Gasteiger partial charge on any atom is 0.344 e. The summed E-state index contributed by atoms with van der Waals surface area (Å²) in [5.41, 5.74) is 5.16. The highest BCUT2D eigenvalue weighted by atomic mass is 16.5. The van der Waals surface area contributed by atoms with Crippen LogP contribution < -0.4 is 4.57 Å². The summed E-state index contributed by atoms with van der Waals surface area (Å²) in [5.74, 6) is -0.922. The Bertz CT molecular complexity index is 1040. The largest absolute Gasteiger partial charge is 0.466 e.